The largest absolute Gasteiger partial charge is 0.456 e. The molecule has 0 spiro atoms. The number of allylic oxidation sites excluding steroid dienone is 7. The standard InChI is InChI=1S/C52H38OS/c1-5-8-19-36-33(4)48(34(17-6-2)18-7-3)37-20-9-12-23-40(37)50(36)44-26-15-27-45-51(44)43-30-29-35(32-46(43)53-45)49-38-21-10-13-24-41(38)52(47-28-16-31-54-47)42-25-14-11-22-39(42)49/h5-32H,1-2H2,3-4H3/b18-7-,19-8-,34-17+. The number of rotatable bonds is 8. The summed E-state index contributed by atoms with van der Waals surface area (Å²) in [7, 11) is 0. The van der Waals surface area contributed by atoms with Gasteiger partial charge in [-0.1, -0.05) is 153 Å². The zero-order chi connectivity index (χ0) is 36.8. The fraction of sp³-hybridized carbons (Fsp3) is 0.0385. The van der Waals surface area contributed by atoms with E-state index >= 15 is 0 Å². The average molecular weight is 711 g/mol. The Morgan fingerprint density at radius 3 is 1.93 bits per heavy atom. The highest BCUT2D eigenvalue weighted by atomic mass is 32.1. The van der Waals surface area contributed by atoms with Crippen molar-refractivity contribution >= 4 is 77.2 Å². The number of fused-ring (bicyclic) bond motifs is 6. The Balaban J connectivity index is 1.33. The fourth-order valence-electron chi connectivity index (χ4n) is 8.47. The van der Waals surface area contributed by atoms with E-state index in [-0.39, 0.29) is 0 Å². The molecule has 2 aromatic heterocycles. The summed E-state index contributed by atoms with van der Waals surface area (Å²) in [5.41, 5.74) is 12.4. The molecule has 0 aliphatic rings. The summed E-state index contributed by atoms with van der Waals surface area (Å²) >= 11 is 1.79. The van der Waals surface area contributed by atoms with E-state index in [0.717, 1.165) is 44.2 Å². The van der Waals surface area contributed by atoms with Gasteiger partial charge in [0, 0.05) is 21.2 Å². The molecule has 0 aliphatic carbocycles. The number of hydrogen-bond acceptors (Lipinski definition) is 2. The quantitative estimate of drug-likeness (QED) is 0.113. The van der Waals surface area contributed by atoms with Gasteiger partial charge in [-0.05, 0) is 120 Å². The highest BCUT2D eigenvalue weighted by Gasteiger charge is 2.23. The van der Waals surface area contributed by atoms with Gasteiger partial charge in [0.1, 0.15) is 11.2 Å². The van der Waals surface area contributed by atoms with Crippen molar-refractivity contribution in [2.75, 3.05) is 0 Å². The van der Waals surface area contributed by atoms with E-state index in [0.29, 0.717) is 0 Å². The van der Waals surface area contributed by atoms with Crippen LogP contribution in [0.1, 0.15) is 23.6 Å². The predicted octanol–water partition coefficient (Wildman–Crippen LogP) is 15.8. The molecule has 0 unspecified atom stereocenters. The monoisotopic (exact) mass is 710 g/mol. The Morgan fingerprint density at radius 2 is 1.30 bits per heavy atom. The van der Waals surface area contributed by atoms with Gasteiger partial charge in [0.05, 0.1) is 0 Å². The summed E-state index contributed by atoms with van der Waals surface area (Å²) < 4.78 is 6.81. The van der Waals surface area contributed by atoms with Crippen molar-refractivity contribution in [1.29, 1.82) is 0 Å². The van der Waals surface area contributed by atoms with Gasteiger partial charge in [-0.25, -0.2) is 0 Å². The summed E-state index contributed by atoms with van der Waals surface area (Å²) in [6.07, 6.45) is 14.3. The minimum Gasteiger partial charge on any atom is -0.456 e. The Kier molecular flexibility index (Phi) is 8.54. The summed E-state index contributed by atoms with van der Waals surface area (Å²) in [6, 6.07) is 44.0. The first-order chi connectivity index (χ1) is 26.6. The maximum Gasteiger partial charge on any atom is 0.136 e. The lowest BCUT2D eigenvalue weighted by molar-refractivity contribution is 0.669. The molecule has 54 heavy (non-hydrogen) atoms. The molecule has 0 saturated heterocycles. The highest BCUT2D eigenvalue weighted by Crippen LogP contribution is 2.48. The van der Waals surface area contributed by atoms with Gasteiger partial charge in [0.2, 0.25) is 0 Å². The van der Waals surface area contributed by atoms with Crippen molar-refractivity contribution < 1.29 is 4.42 Å². The molecule has 2 heteroatoms. The number of benzene rings is 7. The van der Waals surface area contributed by atoms with Crippen LogP contribution >= 0.6 is 11.3 Å². The second-order valence-corrected chi connectivity index (χ2v) is 14.5. The van der Waals surface area contributed by atoms with Crippen molar-refractivity contribution in [2.45, 2.75) is 13.8 Å². The van der Waals surface area contributed by atoms with Crippen LogP contribution in [-0.2, 0) is 0 Å². The molecule has 0 atom stereocenters. The normalized spacial score (nSPS) is 12.4. The van der Waals surface area contributed by atoms with Gasteiger partial charge < -0.3 is 4.42 Å². The molecule has 9 rings (SSSR count). The van der Waals surface area contributed by atoms with Crippen LogP contribution in [0, 0.1) is 6.92 Å². The second-order valence-electron chi connectivity index (χ2n) is 13.6. The maximum atomic E-state index is 6.81. The summed E-state index contributed by atoms with van der Waals surface area (Å²) in [6.45, 7) is 12.3. The first-order valence-electron chi connectivity index (χ1n) is 18.4. The third-order valence-electron chi connectivity index (χ3n) is 10.6. The van der Waals surface area contributed by atoms with E-state index in [1.165, 1.54) is 65.0 Å². The molecule has 9 aromatic rings. The van der Waals surface area contributed by atoms with Crippen LogP contribution in [0.25, 0.3) is 98.6 Å². The lowest BCUT2D eigenvalue weighted by Crippen LogP contribution is -1.98. The van der Waals surface area contributed by atoms with Gasteiger partial charge >= 0.3 is 0 Å². The Bertz CT molecular complexity index is 2980. The van der Waals surface area contributed by atoms with Crippen LogP contribution in [0.5, 0.6) is 0 Å². The van der Waals surface area contributed by atoms with Crippen molar-refractivity contribution in [3.8, 4) is 32.7 Å². The smallest absolute Gasteiger partial charge is 0.136 e. The fourth-order valence-corrected chi connectivity index (χ4v) is 9.27. The van der Waals surface area contributed by atoms with Crippen molar-refractivity contribution in [1.82, 2.24) is 0 Å². The predicted molar refractivity (Wildman–Crippen MR) is 237 cm³/mol. The molecule has 258 valence electrons. The van der Waals surface area contributed by atoms with Crippen molar-refractivity contribution in [3.63, 3.8) is 0 Å². The van der Waals surface area contributed by atoms with Crippen molar-refractivity contribution in [3.05, 3.63) is 193 Å². The number of furan rings is 1. The molecule has 7 aromatic carbocycles. The summed E-state index contributed by atoms with van der Waals surface area (Å²) in [5.74, 6) is 0. The van der Waals surface area contributed by atoms with Crippen molar-refractivity contribution in [2.24, 2.45) is 0 Å². The SMILES string of the molecule is C=C/C=C\c1c(C)c(C(/C=C\C)=C/C=C)c2ccccc2c1-c1cccc2oc3cc(-c4c5ccccc5c(-c5cccs5)c5ccccc45)ccc3c12. The van der Waals surface area contributed by atoms with Crippen LogP contribution in [0.15, 0.2) is 181 Å². The van der Waals surface area contributed by atoms with Gasteiger partial charge in [-0.3, -0.25) is 0 Å². The lowest BCUT2D eigenvalue weighted by atomic mass is 9.82. The first kappa shape index (κ1) is 33.4. The molecule has 0 amide bonds. The molecule has 0 bridgehead atoms. The Morgan fingerprint density at radius 1 is 0.630 bits per heavy atom. The molecule has 0 saturated carbocycles. The molecule has 0 fully saturated rings. The van der Waals surface area contributed by atoms with E-state index in [2.05, 4.69) is 178 Å². The number of thiophene rings is 1. The minimum atomic E-state index is 0.869. The third-order valence-corrected chi connectivity index (χ3v) is 11.5. The third kappa shape index (κ3) is 5.30. The van der Waals surface area contributed by atoms with Crippen LogP contribution in [0.3, 0.4) is 0 Å². The van der Waals surface area contributed by atoms with E-state index in [1.54, 1.807) is 11.3 Å². The maximum absolute atomic E-state index is 6.81. The molecular formula is C52H38OS. The zero-order valence-corrected chi connectivity index (χ0v) is 31.2. The van der Waals surface area contributed by atoms with Crippen LogP contribution < -0.4 is 0 Å². The van der Waals surface area contributed by atoms with Gasteiger partial charge in [-0.2, -0.15) is 0 Å². The topological polar surface area (TPSA) is 13.1 Å². The first-order valence-corrected chi connectivity index (χ1v) is 19.2. The minimum absolute atomic E-state index is 0.869. The molecular weight excluding hydrogens is 673 g/mol. The lowest BCUT2D eigenvalue weighted by Gasteiger charge is -2.21. The van der Waals surface area contributed by atoms with E-state index in [4.69, 9.17) is 4.42 Å². The molecule has 1 nitrogen and oxygen atoms in total. The number of hydrogen-bond donors (Lipinski definition) is 0. The average Bonchev–Trinajstić information content (AvgIpc) is 3.87. The summed E-state index contributed by atoms with van der Waals surface area (Å²) in [4.78, 5) is 1.28. The zero-order valence-electron chi connectivity index (χ0n) is 30.4. The van der Waals surface area contributed by atoms with Crippen LogP contribution in [0.2, 0.25) is 0 Å². The molecule has 0 radical (unpaired) electrons. The summed E-state index contributed by atoms with van der Waals surface area (Å²) in [5, 5.41) is 11.7. The van der Waals surface area contributed by atoms with Gasteiger partial charge in [0.25, 0.3) is 0 Å². The van der Waals surface area contributed by atoms with E-state index in [9.17, 15) is 0 Å². The van der Waals surface area contributed by atoms with Gasteiger partial charge in [-0.15, -0.1) is 11.3 Å². The van der Waals surface area contributed by atoms with Crippen LogP contribution in [-0.4, -0.2) is 0 Å². The van der Waals surface area contributed by atoms with Crippen LogP contribution in [0.4, 0.5) is 0 Å². The Hall–Kier alpha value is -6.48. The molecule has 0 aliphatic heterocycles. The molecule has 0 N–H and O–H groups in total. The van der Waals surface area contributed by atoms with E-state index in [1.807, 2.05) is 18.2 Å². The Labute approximate surface area is 319 Å². The van der Waals surface area contributed by atoms with E-state index < -0.39 is 0 Å². The van der Waals surface area contributed by atoms with Gasteiger partial charge in [0.15, 0.2) is 0 Å². The molecule has 2 heterocycles. The second kappa shape index (κ2) is 13.8. The highest BCUT2D eigenvalue weighted by molar-refractivity contribution is 7.13.